The highest BCUT2D eigenvalue weighted by Gasteiger charge is 2.53. The van der Waals surface area contributed by atoms with Gasteiger partial charge in [-0.25, -0.2) is 18.4 Å². The van der Waals surface area contributed by atoms with E-state index < -0.39 is 10.0 Å². The van der Waals surface area contributed by atoms with E-state index in [4.69, 9.17) is 0 Å². The minimum Gasteiger partial charge on any atom is -0.332 e. The van der Waals surface area contributed by atoms with Gasteiger partial charge in [0.25, 0.3) is 0 Å². The van der Waals surface area contributed by atoms with Gasteiger partial charge in [0, 0.05) is 19.6 Å². The van der Waals surface area contributed by atoms with Gasteiger partial charge in [0.05, 0.1) is 23.7 Å². The second-order valence-electron chi connectivity index (χ2n) is 6.21. The van der Waals surface area contributed by atoms with Crippen LogP contribution in [0.15, 0.2) is 6.20 Å². The molecule has 2 aliphatic rings. The van der Waals surface area contributed by atoms with Crippen molar-refractivity contribution in [3.8, 4) is 0 Å². The van der Waals surface area contributed by atoms with Crippen LogP contribution in [0.1, 0.15) is 18.5 Å². The molecule has 2 aromatic rings. The number of H-pyrrole nitrogens is 1. The average Bonchev–Trinajstić information content (AvgIpc) is 3.13. The van der Waals surface area contributed by atoms with Gasteiger partial charge >= 0.3 is 0 Å². The summed E-state index contributed by atoms with van der Waals surface area (Å²) < 4.78 is 25.2. The van der Waals surface area contributed by atoms with Crippen molar-refractivity contribution in [1.29, 1.82) is 0 Å². The van der Waals surface area contributed by atoms with Crippen molar-refractivity contribution in [3.05, 3.63) is 11.9 Å². The van der Waals surface area contributed by atoms with Gasteiger partial charge in [0.2, 0.25) is 16.0 Å². The molecule has 1 spiro atoms. The molecule has 1 saturated heterocycles. The number of sulfonamides is 1. The number of rotatable bonds is 2. The topological polar surface area (TPSA) is 95.1 Å². The highest BCUT2D eigenvalue weighted by atomic mass is 32.2. The van der Waals surface area contributed by atoms with Crippen LogP contribution in [-0.4, -0.2) is 64.3 Å². The Kier molecular flexibility index (Phi) is 2.77. The van der Waals surface area contributed by atoms with Crippen molar-refractivity contribution in [1.82, 2.24) is 24.5 Å². The molecule has 0 bridgehead atoms. The van der Waals surface area contributed by atoms with Crippen molar-refractivity contribution < 1.29 is 8.42 Å². The van der Waals surface area contributed by atoms with E-state index in [1.165, 1.54) is 6.26 Å². The minimum atomic E-state index is -3.14. The van der Waals surface area contributed by atoms with Crippen LogP contribution in [0.5, 0.6) is 0 Å². The van der Waals surface area contributed by atoms with Gasteiger partial charge in [0.1, 0.15) is 11.0 Å². The molecule has 4 rings (SSSR count). The van der Waals surface area contributed by atoms with Crippen molar-refractivity contribution in [2.24, 2.45) is 0 Å². The van der Waals surface area contributed by atoms with Crippen LogP contribution in [0.25, 0.3) is 11.0 Å². The third kappa shape index (κ3) is 2.07. The number of anilines is 1. The van der Waals surface area contributed by atoms with Crippen LogP contribution in [0.4, 0.5) is 5.95 Å². The van der Waals surface area contributed by atoms with E-state index >= 15 is 0 Å². The second-order valence-corrected chi connectivity index (χ2v) is 8.20. The lowest BCUT2D eigenvalue weighted by molar-refractivity contribution is 0.320. The minimum absolute atomic E-state index is 0.132. The van der Waals surface area contributed by atoms with Gasteiger partial charge in [-0.3, -0.25) is 5.10 Å². The Balaban J connectivity index is 1.69. The summed E-state index contributed by atoms with van der Waals surface area (Å²) in [6.45, 7) is 3.53. The molecule has 2 aromatic heterocycles. The van der Waals surface area contributed by atoms with Gasteiger partial charge < -0.3 is 4.90 Å². The van der Waals surface area contributed by atoms with Crippen molar-refractivity contribution >= 4 is 27.0 Å². The predicted octanol–water partition coefficient (Wildman–Crippen LogP) is 0.276. The quantitative estimate of drug-likeness (QED) is 0.853. The summed E-state index contributed by atoms with van der Waals surface area (Å²) in [6.07, 6.45) is 4.97. The predicted molar refractivity (Wildman–Crippen MR) is 82.1 cm³/mol. The Morgan fingerprint density at radius 1 is 1.32 bits per heavy atom. The van der Waals surface area contributed by atoms with Gasteiger partial charge in [-0.2, -0.15) is 9.40 Å². The van der Waals surface area contributed by atoms with E-state index in [0.29, 0.717) is 25.6 Å². The maximum atomic E-state index is 11.8. The fraction of sp³-hybridized carbons (Fsp3) is 0.615. The lowest BCUT2D eigenvalue weighted by Crippen LogP contribution is -2.56. The van der Waals surface area contributed by atoms with E-state index in [9.17, 15) is 8.42 Å². The molecule has 22 heavy (non-hydrogen) atoms. The third-order valence-corrected chi connectivity index (χ3v) is 5.87. The normalized spacial score (nSPS) is 21.6. The molecule has 1 N–H and O–H groups in total. The molecule has 9 heteroatoms. The fourth-order valence-electron chi connectivity index (χ4n) is 3.17. The van der Waals surface area contributed by atoms with E-state index in [0.717, 1.165) is 29.6 Å². The summed E-state index contributed by atoms with van der Waals surface area (Å²) in [5.74, 6) is 0.669. The molecule has 2 fully saturated rings. The first-order valence-corrected chi connectivity index (χ1v) is 9.14. The number of aromatic nitrogens is 4. The Morgan fingerprint density at radius 3 is 2.77 bits per heavy atom. The van der Waals surface area contributed by atoms with Gasteiger partial charge in [0.15, 0.2) is 0 Å². The van der Waals surface area contributed by atoms with Crippen LogP contribution in [0.2, 0.25) is 0 Å². The summed E-state index contributed by atoms with van der Waals surface area (Å²) in [4.78, 5) is 11.2. The van der Waals surface area contributed by atoms with Crippen LogP contribution < -0.4 is 4.90 Å². The van der Waals surface area contributed by atoms with Crippen LogP contribution in [0, 0.1) is 6.92 Å². The lowest BCUT2D eigenvalue weighted by Gasteiger charge is -2.41. The monoisotopic (exact) mass is 322 g/mol. The summed E-state index contributed by atoms with van der Waals surface area (Å²) in [7, 11) is -3.14. The highest BCUT2D eigenvalue weighted by Crippen LogP contribution is 2.46. The number of aryl methyl sites for hydroxylation is 1. The summed E-state index contributed by atoms with van der Waals surface area (Å²) in [6, 6.07) is 0. The molecule has 0 aromatic carbocycles. The zero-order valence-corrected chi connectivity index (χ0v) is 13.4. The number of piperazine rings is 1. The molecule has 0 unspecified atom stereocenters. The molecular formula is C13H18N6O2S. The zero-order valence-electron chi connectivity index (χ0n) is 12.6. The average molecular weight is 322 g/mol. The zero-order chi connectivity index (χ0) is 15.5. The van der Waals surface area contributed by atoms with Crippen LogP contribution >= 0.6 is 0 Å². The molecule has 0 amide bonds. The molecule has 118 valence electrons. The molecule has 3 heterocycles. The smallest absolute Gasteiger partial charge is 0.226 e. The Labute approximate surface area is 128 Å². The lowest BCUT2D eigenvalue weighted by atomic mass is 10.2. The van der Waals surface area contributed by atoms with E-state index in [1.807, 2.05) is 6.92 Å². The second kappa shape index (κ2) is 4.39. The highest BCUT2D eigenvalue weighted by molar-refractivity contribution is 7.88. The largest absolute Gasteiger partial charge is 0.332 e. The van der Waals surface area contributed by atoms with Crippen LogP contribution in [0.3, 0.4) is 0 Å². The van der Waals surface area contributed by atoms with Gasteiger partial charge in [-0.1, -0.05) is 0 Å². The SMILES string of the molecule is Cc1n[nH]c2cnc(N3CCN(S(C)(=O)=O)CC34CC4)nc12. The Hall–Kier alpha value is -1.74. The molecule has 0 radical (unpaired) electrons. The first kappa shape index (κ1) is 13.9. The van der Waals surface area contributed by atoms with Gasteiger partial charge in [-0.15, -0.1) is 0 Å². The van der Waals surface area contributed by atoms with E-state index in [2.05, 4.69) is 25.1 Å². The first-order valence-electron chi connectivity index (χ1n) is 7.30. The molecule has 8 nitrogen and oxygen atoms in total. The maximum Gasteiger partial charge on any atom is 0.226 e. The first-order chi connectivity index (χ1) is 10.4. The number of nitrogens with zero attached hydrogens (tertiary/aromatic N) is 5. The molecule has 1 saturated carbocycles. The maximum absolute atomic E-state index is 11.8. The third-order valence-electron chi connectivity index (χ3n) is 4.62. The van der Waals surface area contributed by atoms with Crippen molar-refractivity contribution in [2.75, 3.05) is 30.8 Å². The molecule has 0 atom stereocenters. The van der Waals surface area contributed by atoms with E-state index in [-0.39, 0.29) is 5.54 Å². The van der Waals surface area contributed by atoms with Crippen molar-refractivity contribution in [3.63, 3.8) is 0 Å². The fourth-order valence-corrected chi connectivity index (χ4v) is 4.05. The Bertz CT molecular complexity index is 841. The number of nitrogens with one attached hydrogen (secondary N) is 1. The summed E-state index contributed by atoms with van der Waals surface area (Å²) >= 11 is 0. The number of fused-ring (bicyclic) bond motifs is 1. The van der Waals surface area contributed by atoms with Crippen LogP contribution in [-0.2, 0) is 10.0 Å². The number of aromatic amines is 1. The van der Waals surface area contributed by atoms with E-state index in [1.54, 1.807) is 10.5 Å². The summed E-state index contributed by atoms with van der Waals surface area (Å²) in [5, 5.41) is 7.04. The summed E-state index contributed by atoms with van der Waals surface area (Å²) in [5.41, 5.74) is 2.36. The number of hydrogen-bond donors (Lipinski definition) is 1. The molecular weight excluding hydrogens is 304 g/mol. The van der Waals surface area contributed by atoms with Crippen molar-refractivity contribution in [2.45, 2.75) is 25.3 Å². The van der Waals surface area contributed by atoms with Gasteiger partial charge in [-0.05, 0) is 19.8 Å². The Morgan fingerprint density at radius 2 is 2.09 bits per heavy atom. The molecule has 1 aliphatic carbocycles. The number of hydrogen-bond acceptors (Lipinski definition) is 6. The molecule has 1 aliphatic heterocycles. The standard InChI is InChI=1S/C13H18N6O2S/c1-9-11-10(17-16-9)7-14-12(15-11)19-6-5-18(22(2,20)21)8-13(19)3-4-13/h7H,3-6,8H2,1-2H3,(H,16,17).